The van der Waals surface area contributed by atoms with Crippen LogP contribution in [0.2, 0.25) is 0 Å². The van der Waals surface area contributed by atoms with Gasteiger partial charge in [-0.05, 0) is 12.2 Å². The summed E-state index contributed by atoms with van der Waals surface area (Å²) in [6, 6.07) is 0. The van der Waals surface area contributed by atoms with Gasteiger partial charge in [-0.25, -0.2) is 4.79 Å². The summed E-state index contributed by atoms with van der Waals surface area (Å²) in [5.74, 6) is -1.32. The summed E-state index contributed by atoms with van der Waals surface area (Å²) in [7, 11) is 0. The van der Waals surface area contributed by atoms with E-state index in [0.717, 1.165) is 0 Å². The summed E-state index contributed by atoms with van der Waals surface area (Å²) in [4.78, 5) is 11.0. The average Bonchev–Trinajstić information content (AvgIpc) is 2.23. The number of thiol groups is 1. The molecule has 0 bridgehead atoms. The first-order valence-electron chi connectivity index (χ1n) is 4.09. The second-order valence-electron chi connectivity index (χ2n) is 2.86. The van der Waals surface area contributed by atoms with Gasteiger partial charge in [0, 0.05) is 0 Å². The third-order valence-corrected chi connectivity index (χ3v) is 1.86. The van der Waals surface area contributed by atoms with Gasteiger partial charge in [-0.3, -0.25) is 0 Å². The van der Waals surface area contributed by atoms with Crippen molar-refractivity contribution in [2.75, 3.05) is 6.61 Å². The Kier molecular flexibility index (Phi) is 12.4. The standard InChI is InChI=1S/C7H12O7S2.K.H/c8-1-2(9)3(10)4(11)5(12)6(13)14-7(15)16;;/h2-5,8-12H,1H2,(H,15,16);;/q;+1;-1/t2-,3-,4+,5-;;/m1../s1. The Labute approximate surface area is 152 Å². The SMILES string of the molecule is O=C(OC(=S)S)[C@H](O)[C@@H](O)[C@H](O)[C@H](O)CO.[H-].[K+]. The summed E-state index contributed by atoms with van der Waals surface area (Å²) in [5.41, 5.74) is 0. The first-order valence-corrected chi connectivity index (χ1v) is 4.94. The summed E-state index contributed by atoms with van der Waals surface area (Å²) in [5, 5.41) is 45.0. The van der Waals surface area contributed by atoms with Crippen LogP contribution in [0.4, 0.5) is 0 Å². The van der Waals surface area contributed by atoms with Crippen LogP contribution < -0.4 is 51.4 Å². The number of carbonyl (C=O) groups is 1. The van der Waals surface area contributed by atoms with Crippen LogP contribution in [0.1, 0.15) is 1.43 Å². The van der Waals surface area contributed by atoms with Crippen LogP contribution in [0.3, 0.4) is 0 Å². The van der Waals surface area contributed by atoms with E-state index < -0.39 is 41.4 Å². The van der Waals surface area contributed by atoms with Gasteiger partial charge < -0.3 is 31.7 Å². The molecule has 4 atom stereocenters. The molecule has 17 heavy (non-hydrogen) atoms. The van der Waals surface area contributed by atoms with E-state index in [4.69, 9.17) is 15.3 Å². The van der Waals surface area contributed by atoms with Gasteiger partial charge in [0.05, 0.1) is 6.61 Å². The fourth-order valence-corrected chi connectivity index (χ4v) is 0.980. The average molecular weight is 312 g/mol. The van der Waals surface area contributed by atoms with E-state index in [2.05, 4.69) is 29.6 Å². The zero-order valence-corrected chi connectivity index (χ0v) is 13.8. The van der Waals surface area contributed by atoms with Crippen molar-refractivity contribution >= 4 is 35.2 Å². The van der Waals surface area contributed by atoms with Crippen LogP contribution in [0, 0.1) is 0 Å². The Morgan fingerprint density at radius 3 is 2.12 bits per heavy atom. The van der Waals surface area contributed by atoms with Crippen molar-refractivity contribution < 1.29 is 87.9 Å². The summed E-state index contributed by atoms with van der Waals surface area (Å²) in [6.45, 7) is -0.842. The number of carbonyl (C=O) groups excluding carboxylic acids is 1. The molecule has 0 radical (unpaired) electrons. The van der Waals surface area contributed by atoms with Crippen molar-refractivity contribution in [2.24, 2.45) is 0 Å². The van der Waals surface area contributed by atoms with Gasteiger partial charge in [-0.1, -0.05) is 12.6 Å². The summed E-state index contributed by atoms with van der Waals surface area (Å²) >= 11 is 7.75. The molecule has 0 rings (SSSR count). The molecule has 0 fully saturated rings. The van der Waals surface area contributed by atoms with Crippen LogP contribution in [0.5, 0.6) is 0 Å². The molecule has 0 aliphatic rings. The minimum Gasteiger partial charge on any atom is -1.00 e. The minimum absolute atomic E-state index is 0. The van der Waals surface area contributed by atoms with Gasteiger partial charge in [-0.15, -0.1) is 0 Å². The topological polar surface area (TPSA) is 127 Å². The molecule has 7 nitrogen and oxygen atoms in total. The van der Waals surface area contributed by atoms with E-state index in [-0.39, 0.29) is 52.8 Å². The van der Waals surface area contributed by atoms with Gasteiger partial charge in [0.2, 0.25) is 4.38 Å². The van der Waals surface area contributed by atoms with Crippen molar-refractivity contribution in [1.29, 1.82) is 0 Å². The number of aliphatic hydroxyl groups excluding tert-OH is 5. The van der Waals surface area contributed by atoms with Crippen LogP contribution in [0.25, 0.3) is 0 Å². The van der Waals surface area contributed by atoms with Gasteiger partial charge in [0.15, 0.2) is 6.10 Å². The number of ether oxygens (including phenoxy) is 1. The van der Waals surface area contributed by atoms with E-state index in [1.807, 2.05) is 0 Å². The molecule has 0 spiro atoms. The molecule has 0 aromatic heterocycles. The molecular formula is C7H13KO7S2. The van der Waals surface area contributed by atoms with Gasteiger partial charge in [0.25, 0.3) is 0 Å². The quantitative estimate of drug-likeness (QED) is 0.128. The van der Waals surface area contributed by atoms with Gasteiger partial charge in [0.1, 0.15) is 18.3 Å². The molecule has 0 aromatic rings. The van der Waals surface area contributed by atoms with Crippen molar-refractivity contribution in [1.82, 2.24) is 0 Å². The molecule has 5 N–H and O–H groups in total. The second kappa shape index (κ2) is 10.2. The van der Waals surface area contributed by atoms with Crippen molar-refractivity contribution in [3.8, 4) is 0 Å². The fraction of sp³-hybridized carbons (Fsp3) is 0.714. The number of rotatable bonds is 5. The molecule has 0 unspecified atom stereocenters. The molecule has 0 saturated carbocycles. The molecule has 0 heterocycles. The first kappa shape index (κ1) is 20.7. The maximum Gasteiger partial charge on any atom is 1.00 e. The van der Waals surface area contributed by atoms with Crippen molar-refractivity contribution in [3.63, 3.8) is 0 Å². The number of hydrogen-bond donors (Lipinski definition) is 6. The van der Waals surface area contributed by atoms with Crippen LogP contribution in [0.15, 0.2) is 0 Å². The number of hydrogen-bond acceptors (Lipinski definition) is 8. The van der Waals surface area contributed by atoms with Crippen molar-refractivity contribution in [3.05, 3.63) is 0 Å². The number of aliphatic hydroxyl groups is 5. The normalized spacial score (nSPS) is 17.3. The van der Waals surface area contributed by atoms with E-state index in [1.54, 1.807) is 0 Å². The Hall–Kier alpha value is 1.35. The Balaban J connectivity index is -0.00000112. The predicted octanol–water partition coefficient (Wildman–Crippen LogP) is -5.70. The molecule has 96 valence electrons. The zero-order valence-electron chi connectivity index (χ0n) is 9.92. The Bertz CT molecular complexity index is 270. The molecule has 0 aliphatic heterocycles. The molecule has 0 amide bonds. The molecule has 0 saturated heterocycles. The second-order valence-corrected chi connectivity index (χ2v) is 3.94. The Morgan fingerprint density at radius 2 is 1.76 bits per heavy atom. The van der Waals surface area contributed by atoms with Crippen molar-refractivity contribution in [2.45, 2.75) is 24.4 Å². The largest absolute Gasteiger partial charge is 1.00 e. The maximum absolute atomic E-state index is 11.0. The molecule has 0 aromatic carbocycles. The third-order valence-electron chi connectivity index (χ3n) is 1.68. The predicted molar refractivity (Wildman–Crippen MR) is 59.9 cm³/mol. The smallest absolute Gasteiger partial charge is 1.00 e. The van der Waals surface area contributed by atoms with E-state index >= 15 is 0 Å². The summed E-state index contributed by atoms with van der Waals surface area (Å²) in [6.07, 6.45) is -7.72. The molecule has 0 aliphatic carbocycles. The Morgan fingerprint density at radius 1 is 1.29 bits per heavy atom. The summed E-state index contributed by atoms with van der Waals surface area (Å²) < 4.78 is 3.72. The van der Waals surface area contributed by atoms with E-state index in [1.165, 1.54) is 0 Å². The first-order chi connectivity index (χ1) is 7.31. The third kappa shape index (κ3) is 7.50. The monoisotopic (exact) mass is 312 g/mol. The van der Waals surface area contributed by atoms with Crippen LogP contribution in [-0.2, 0) is 9.53 Å². The van der Waals surface area contributed by atoms with Crippen LogP contribution >= 0.6 is 24.8 Å². The van der Waals surface area contributed by atoms with Crippen LogP contribution in [-0.4, -0.2) is 66.9 Å². The number of thiocarbonyl (C=S) groups is 1. The number of esters is 1. The zero-order chi connectivity index (χ0) is 12.9. The minimum atomic E-state index is -2.11. The van der Waals surface area contributed by atoms with Gasteiger partial charge in [-0.2, -0.15) is 0 Å². The maximum atomic E-state index is 11.0. The van der Waals surface area contributed by atoms with Gasteiger partial charge >= 0.3 is 57.4 Å². The van der Waals surface area contributed by atoms with E-state index in [0.29, 0.717) is 0 Å². The molecule has 10 heteroatoms. The fourth-order valence-electron chi connectivity index (χ4n) is 0.808. The molecular weight excluding hydrogens is 299 g/mol. The van der Waals surface area contributed by atoms with E-state index in [9.17, 15) is 15.0 Å².